The highest BCUT2D eigenvalue weighted by molar-refractivity contribution is 9.10. The Balaban J connectivity index is 2.24. The van der Waals surface area contributed by atoms with Gasteiger partial charge in [0.1, 0.15) is 23.1 Å². The summed E-state index contributed by atoms with van der Waals surface area (Å²) in [6.07, 6.45) is 0. The van der Waals surface area contributed by atoms with Crippen LogP contribution in [0.5, 0.6) is 5.75 Å². The fourth-order valence-corrected chi connectivity index (χ4v) is 3.06. The summed E-state index contributed by atoms with van der Waals surface area (Å²) in [5.41, 5.74) is 0.911. The summed E-state index contributed by atoms with van der Waals surface area (Å²) >= 11 is 3.13. The fraction of sp³-hybridized carbons (Fsp3) is 0.0769. The van der Waals surface area contributed by atoms with Crippen LogP contribution in [0.2, 0.25) is 0 Å². The summed E-state index contributed by atoms with van der Waals surface area (Å²) in [5.74, 6) is -0.748. The van der Waals surface area contributed by atoms with E-state index in [0.29, 0.717) is 4.47 Å². The van der Waals surface area contributed by atoms with E-state index in [1.165, 1.54) is 0 Å². The minimum Gasteiger partial charge on any atom is -0.488 e. The molecule has 0 aliphatic carbocycles. The van der Waals surface area contributed by atoms with Crippen LogP contribution in [-0.4, -0.2) is 8.42 Å². The molecule has 2 rings (SSSR count). The van der Waals surface area contributed by atoms with E-state index in [9.17, 15) is 12.8 Å². The van der Waals surface area contributed by atoms with Gasteiger partial charge in [0.25, 0.3) is 9.05 Å². The molecule has 7 heteroatoms. The van der Waals surface area contributed by atoms with Crippen molar-refractivity contribution in [1.29, 1.82) is 0 Å². The van der Waals surface area contributed by atoms with Crippen molar-refractivity contribution < 1.29 is 17.5 Å². The number of hydrogen-bond donors (Lipinski definition) is 0. The number of ether oxygens (including phenoxy) is 1. The summed E-state index contributed by atoms with van der Waals surface area (Å²) in [7, 11) is 1.00. The lowest BCUT2D eigenvalue weighted by atomic mass is 10.2. The normalized spacial score (nSPS) is 11.3. The second kappa shape index (κ2) is 6.11. The fourth-order valence-electron chi connectivity index (χ4n) is 1.54. The Bertz CT molecular complexity index is 720. The molecule has 0 saturated carbocycles. The summed E-state index contributed by atoms with van der Waals surface area (Å²) in [4.78, 5) is -0.585. The van der Waals surface area contributed by atoms with Gasteiger partial charge in [-0.05, 0) is 27.6 Å². The third-order valence-electron chi connectivity index (χ3n) is 2.49. The van der Waals surface area contributed by atoms with Crippen molar-refractivity contribution in [2.45, 2.75) is 11.5 Å². The van der Waals surface area contributed by atoms with Crippen molar-refractivity contribution in [2.75, 3.05) is 0 Å². The number of halogens is 3. The molecule has 20 heavy (non-hydrogen) atoms. The smallest absolute Gasteiger partial charge is 0.264 e. The zero-order valence-corrected chi connectivity index (χ0v) is 13.2. The Morgan fingerprint density at radius 3 is 2.45 bits per heavy atom. The third kappa shape index (κ3) is 3.71. The molecule has 2 aromatic carbocycles. The minimum absolute atomic E-state index is 0.204. The number of hydrogen-bond acceptors (Lipinski definition) is 3. The molecule has 0 radical (unpaired) electrons. The maximum atomic E-state index is 13.7. The molecule has 106 valence electrons. The lowest BCUT2D eigenvalue weighted by molar-refractivity contribution is 0.302. The predicted molar refractivity (Wildman–Crippen MR) is 77.9 cm³/mol. The second-order valence-electron chi connectivity index (χ2n) is 3.93. The minimum atomic E-state index is -4.13. The van der Waals surface area contributed by atoms with Crippen LogP contribution in [0.3, 0.4) is 0 Å². The van der Waals surface area contributed by atoms with Crippen LogP contribution in [0, 0.1) is 5.82 Å². The van der Waals surface area contributed by atoms with Gasteiger partial charge in [-0.2, -0.15) is 0 Å². The molecule has 0 aliphatic rings. The average Bonchev–Trinajstić information content (AvgIpc) is 2.39. The van der Waals surface area contributed by atoms with Crippen LogP contribution in [0.4, 0.5) is 4.39 Å². The molecule has 0 unspecified atom stereocenters. The number of rotatable bonds is 4. The Kier molecular flexibility index (Phi) is 4.67. The van der Waals surface area contributed by atoms with Gasteiger partial charge in [0.15, 0.2) is 0 Å². The lowest BCUT2D eigenvalue weighted by Crippen LogP contribution is -2.00. The van der Waals surface area contributed by atoms with Crippen molar-refractivity contribution in [3.63, 3.8) is 0 Å². The Morgan fingerprint density at radius 1 is 1.20 bits per heavy atom. The van der Waals surface area contributed by atoms with Crippen LogP contribution < -0.4 is 4.74 Å². The molecule has 0 N–H and O–H groups in total. The first-order valence-corrected chi connectivity index (χ1v) is 8.58. The van der Waals surface area contributed by atoms with E-state index in [1.54, 1.807) is 0 Å². The quantitative estimate of drug-likeness (QED) is 0.751. The van der Waals surface area contributed by atoms with Crippen molar-refractivity contribution in [3.05, 3.63) is 58.3 Å². The van der Waals surface area contributed by atoms with Crippen molar-refractivity contribution in [3.8, 4) is 5.75 Å². The van der Waals surface area contributed by atoms with Crippen molar-refractivity contribution in [2.24, 2.45) is 0 Å². The van der Waals surface area contributed by atoms with Gasteiger partial charge in [0, 0.05) is 16.7 Å². The Hall–Kier alpha value is -1.11. The average molecular weight is 380 g/mol. The molecule has 0 aromatic heterocycles. The largest absolute Gasteiger partial charge is 0.488 e. The highest BCUT2D eigenvalue weighted by atomic mass is 79.9. The third-order valence-corrected chi connectivity index (χ3v) is 4.44. The Labute approximate surface area is 128 Å². The molecule has 0 amide bonds. The van der Waals surface area contributed by atoms with Crippen LogP contribution in [0.25, 0.3) is 0 Å². The first-order chi connectivity index (χ1) is 9.38. The SMILES string of the molecule is O=S(=O)(Cl)c1cc(Br)c(OCc2ccccc2)cc1F. The van der Waals surface area contributed by atoms with E-state index in [4.69, 9.17) is 15.4 Å². The van der Waals surface area contributed by atoms with E-state index < -0.39 is 19.8 Å². The summed E-state index contributed by atoms with van der Waals surface area (Å²) in [6, 6.07) is 11.4. The molecule has 2 aromatic rings. The summed E-state index contributed by atoms with van der Waals surface area (Å²) in [5, 5.41) is 0. The monoisotopic (exact) mass is 378 g/mol. The first kappa shape index (κ1) is 15.3. The first-order valence-electron chi connectivity index (χ1n) is 5.48. The molecule has 0 aliphatic heterocycles. The van der Waals surface area contributed by atoms with E-state index in [-0.39, 0.29) is 12.4 Å². The molecule has 0 heterocycles. The van der Waals surface area contributed by atoms with Crippen LogP contribution in [0.1, 0.15) is 5.56 Å². The van der Waals surface area contributed by atoms with E-state index in [2.05, 4.69) is 15.9 Å². The molecule has 0 fully saturated rings. The van der Waals surface area contributed by atoms with Crippen molar-refractivity contribution in [1.82, 2.24) is 0 Å². The van der Waals surface area contributed by atoms with Gasteiger partial charge < -0.3 is 4.74 Å². The zero-order valence-electron chi connectivity index (χ0n) is 10.0. The maximum Gasteiger partial charge on any atom is 0.264 e. The predicted octanol–water partition coefficient (Wildman–Crippen LogP) is 4.09. The van der Waals surface area contributed by atoms with E-state index in [0.717, 1.165) is 17.7 Å². The molecule has 0 atom stereocenters. The highest BCUT2D eigenvalue weighted by Crippen LogP contribution is 2.32. The van der Waals surface area contributed by atoms with Crippen LogP contribution in [-0.2, 0) is 15.7 Å². The van der Waals surface area contributed by atoms with Gasteiger partial charge >= 0.3 is 0 Å². The molecule has 0 spiro atoms. The van der Waals surface area contributed by atoms with Gasteiger partial charge in [-0.3, -0.25) is 0 Å². The topological polar surface area (TPSA) is 43.4 Å². The standard InChI is InChI=1S/C13H9BrClFO3S/c14-10-6-13(20(15,17)18)11(16)7-12(10)19-8-9-4-2-1-3-5-9/h1-7H,8H2. The van der Waals surface area contributed by atoms with Crippen LogP contribution in [0.15, 0.2) is 51.8 Å². The van der Waals surface area contributed by atoms with Gasteiger partial charge in [-0.1, -0.05) is 30.3 Å². The molecular weight excluding hydrogens is 371 g/mol. The van der Waals surface area contributed by atoms with E-state index in [1.807, 2.05) is 30.3 Å². The lowest BCUT2D eigenvalue weighted by Gasteiger charge is -2.10. The van der Waals surface area contributed by atoms with Gasteiger partial charge in [0.05, 0.1) is 4.47 Å². The van der Waals surface area contributed by atoms with Gasteiger partial charge in [0.2, 0.25) is 0 Å². The maximum absolute atomic E-state index is 13.7. The summed E-state index contributed by atoms with van der Waals surface area (Å²) < 4.78 is 41.8. The van der Waals surface area contributed by atoms with Crippen LogP contribution >= 0.6 is 26.6 Å². The molecular formula is C13H9BrClFO3S. The van der Waals surface area contributed by atoms with E-state index >= 15 is 0 Å². The summed E-state index contributed by atoms with van der Waals surface area (Å²) in [6.45, 7) is 0.242. The highest BCUT2D eigenvalue weighted by Gasteiger charge is 2.19. The van der Waals surface area contributed by atoms with Crippen molar-refractivity contribution >= 4 is 35.7 Å². The Morgan fingerprint density at radius 2 is 1.85 bits per heavy atom. The zero-order chi connectivity index (χ0) is 14.8. The molecule has 3 nitrogen and oxygen atoms in total. The molecule has 0 bridgehead atoms. The number of benzene rings is 2. The van der Waals surface area contributed by atoms with Gasteiger partial charge in [-0.15, -0.1) is 0 Å². The second-order valence-corrected chi connectivity index (χ2v) is 7.31. The van der Waals surface area contributed by atoms with Gasteiger partial charge in [-0.25, -0.2) is 12.8 Å². The molecule has 0 saturated heterocycles.